The number of hydrogen-bond acceptors (Lipinski definition) is 4. The van der Waals surface area contributed by atoms with Gasteiger partial charge in [-0.25, -0.2) is 0 Å². The van der Waals surface area contributed by atoms with Crippen molar-refractivity contribution in [2.45, 2.75) is 235 Å². The molecule has 3 aliphatic carbocycles. The third kappa shape index (κ3) is 16.4. The van der Waals surface area contributed by atoms with Gasteiger partial charge in [-0.1, -0.05) is 132 Å². The minimum Gasteiger partial charge on any atom is -0.465 e. The second-order valence-corrected chi connectivity index (χ2v) is 20.4. The minimum atomic E-state index is -0.330. The van der Waals surface area contributed by atoms with Crippen molar-refractivity contribution in [3.63, 3.8) is 0 Å². The van der Waals surface area contributed by atoms with Crippen molar-refractivity contribution >= 4 is 11.9 Å². The highest BCUT2D eigenvalue weighted by Crippen LogP contribution is 2.49. The highest BCUT2D eigenvalue weighted by Gasteiger charge is 2.41. The van der Waals surface area contributed by atoms with Crippen molar-refractivity contribution in [1.82, 2.24) is 0 Å². The first-order chi connectivity index (χ1) is 26.0. The molecule has 0 aromatic heterocycles. The molecule has 0 heterocycles. The summed E-state index contributed by atoms with van der Waals surface area (Å²) in [5, 5.41) is 0. The van der Waals surface area contributed by atoms with Gasteiger partial charge >= 0.3 is 11.9 Å². The monoisotopic (exact) mass is 757 g/mol. The van der Waals surface area contributed by atoms with E-state index in [9.17, 15) is 9.59 Å². The summed E-state index contributed by atoms with van der Waals surface area (Å²) in [6.07, 6.45) is 34.7. The van der Waals surface area contributed by atoms with Gasteiger partial charge in [-0.15, -0.1) is 0 Å². The summed E-state index contributed by atoms with van der Waals surface area (Å²) in [5.74, 6) is 3.21. The van der Waals surface area contributed by atoms with E-state index in [0.717, 1.165) is 49.4 Å². The Labute approximate surface area is 336 Å². The predicted octanol–water partition coefficient (Wildman–Crippen LogP) is 15.1. The molecule has 54 heavy (non-hydrogen) atoms. The van der Waals surface area contributed by atoms with Gasteiger partial charge in [0.05, 0.1) is 25.0 Å². The van der Waals surface area contributed by atoms with Gasteiger partial charge in [0.15, 0.2) is 0 Å². The highest BCUT2D eigenvalue weighted by atomic mass is 16.5. The van der Waals surface area contributed by atoms with Crippen molar-refractivity contribution in [2.24, 2.45) is 58.2 Å². The second-order valence-electron chi connectivity index (χ2n) is 20.4. The van der Waals surface area contributed by atoms with Gasteiger partial charge < -0.3 is 9.47 Å². The van der Waals surface area contributed by atoms with Crippen LogP contribution < -0.4 is 0 Å². The van der Waals surface area contributed by atoms with Crippen molar-refractivity contribution in [3.05, 3.63) is 0 Å². The lowest BCUT2D eigenvalue weighted by atomic mass is 9.63. The van der Waals surface area contributed by atoms with E-state index in [4.69, 9.17) is 9.47 Å². The predicted molar refractivity (Wildman–Crippen MR) is 229 cm³/mol. The Balaban J connectivity index is 1.45. The largest absolute Gasteiger partial charge is 0.465 e. The maximum atomic E-state index is 13.6. The number of hydrogen-bond donors (Lipinski definition) is 0. The van der Waals surface area contributed by atoms with Gasteiger partial charge in [0, 0.05) is 0 Å². The summed E-state index contributed by atoms with van der Waals surface area (Å²) in [4.78, 5) is 27.2. The van der Waals surface area contributed by atoms with E-state index < -0.39 is 0 Å². The number of ether oxygens (including phenoxy) is 2. The summed E-state index contributed by atoms with van der Waals surface area (Å²) in [7, 11) is 0. The molecule has 0 amide bonds. The van der Waals surface area contributed by atoms with E-state index in [1.807, 2.05) is 0 Å². The van der Waals surface area contributed by atoms with Crippen molar-refractivity contribution < 1.29 is 19.1 Å². The van der Waals surface area contributed by atoms with Crippen LogP contribution >= 0.6 is 0 Å². The first-order valence-corrected chi connectivity index (χ1v) is 24.3. The molecule has 0 bridgehead atoms. The Hall–Kier alpha value is -1.06. The first kappa shape index (κ1) is 47.3. The number of carbonyl (C=O) groups excluding carboxylic acids is 2. The molecule has 3 rings (SSSR count). The number of carbonyl (C=O) groups is 2. The van der Waals surface area contributed by atoms with Gasteiger partial charge in [0.2, 0.25) is 0 Å². The molecule has 0 radical (unpaired) electrons. The fourth-order valence-electron chi connectivity index (χ4n) is 11.8. The van der Waals surface area contributed by atoms with Crippen LogP contribution in [0.5, 0.6) is 0 Å². The summed E-state index contributed by atoms with van der Waals surface area (Å²) in [6, 6.07) is 0. The molecule has 0 spiro atoms. The fraction of sp³-hybridized carbons (Fsp3) is 0.960. The van der Waals surface area contributed by atoms with Crippen LogP contribution in [0.3, 0.4) is 0 Å². The zero-order chi connectivity index (χ0) is 39.4. The highest BCUT2D eigenvalue weighted by molar-refractivity contribution is 5.82. The zero-order valence-corrected chi connectivity index (χ0v) is 37.5. The molecule has 3 aliphatic rings. The number of unbranched alkanes of at least 4 members (excludes halogenated alkanes) is 4. The molecule has 6 unspecified atom stereocenters. The van der Waals surface area contributed by atoms with Crippen LogP contribution in [0.15, 0.2) is 0 Å². The number of esters is 2. The van der Waals surface area contributed by atoms with Gasteiger partial charge in [-0.2, -0.15) is 0 Å². The second kappa shape index (κ2) is 25.3. The lowest BCUT2D eigenvalue weighted by Crippen LogP contribution is -2.37. The average Bonchev–Trinajstić information content (AvgIpc) is 3.16. The molecule has 6 atom stereocenters. The summed E-state index contributed by atoms with van der Waals surface area (Å²) in [5.41, 5.74) is 0.942. The van der Waals surface area contributed by atoms with Gasteiger partial charge in [-0.3, -0.25) is 9.59 Å². The Morgan fingerprint density at radius 1 is 0.519 bits per heavy atom. The summed E-state index contributed by atoms with van der Waals surface area (Å²) in [6.45, 7) is 20.2. The third-order valence-corrected chi connectivity index (χ3v) is 15.0. The molecular formula is C50H92O4. The van der Waals surface area contributed by atoms with Crippen LogP contribution in [0.2, 0.25) is 0 Å². The van der Waals surface area contributed by atoms with Crippen LogP contribution in [-0.4, -0.2) is 25.2 Å². The Morgan fingerprint density at radius 2 is 0.870 bits per heavy atom. The van der Waals surface area contributed by atoms with E-state index in [1.165, 1.54) is 154 Å². The van der Waals surface area contributed by atoms with Gasteiger partial charge in [0.25, 0.3) is 0 Å². The summed E-state index contributed by atoms with van der Waals surface area (Å²) >= 11 is 0. The van der Waals surface area contributed by atoms with Gasteiger partial charge in [0.1, 0.15) is 0 Å². The molecule has 0 N–H and O–H groups in total. The molecule has 0 aliphatic heterocycles. The van der Waals surface area contributed by atoms with Crippen LogP contribution in [0, 0.1) is 58.2 Å². The maximum Gasteiger partial charge on any atom is 0.309 e. The van der Waals surface area contributed by atoms with E-state index >= 15 is 0 Å². The normalized spacial score (nSPS) is 29.9. The van der Waals surface area contributed by atoms with E-state index in [2.05, 4.69) is 55.4 Å². The first-order valence-electron chi connectivity index (χ1n) is 24.3. The molecule has 316 valence electrons. The summed E-state index contributed by atoms with van der Waals surface area (Å²) < 4.78 is 12.2. The molecule has 3 saturated carbocycles. The average molecular weight is 757 g/mol. The molecule has 0 aromatic carbocycles. The Morgan fingerprint density at radius 3 is 1.20 bits per heavy atom. The lowest BCUT2D eigenvalue weighted by molar-refractivity contribution is -0.165. The smallest absolute Gasteiger partial charge is 0.309 e. The standard InChI is InChI=1S/C50H92O4/c1-9-13-19-39(5)33-41(7)35-49(27-15-11-3)29-23-43(24-30-49)37-53-47(51)45-21-17-18-22-46(45)48(52)54-38-44-25-31-50(32-26-44,28-16-12-4)36-42(8)34-40(6)20-14-10-2/h39-46H,9-38H2,1-8H3. The van der Waals surface area contributed by atoms with Crippen molar-refractivity contribution in [1.29, 1.82) is 0 Å². The van der Waals surface area contributed by atoms with Crippen molar-refractivity contribution in [2.75, 3.05) is 13.2 Å². The molecule has 3 fully saturated rings. The van der Waals surface area contributed by atoms with Crippen LogP contribution in [0.25, 0.3) is 0 Å². The third-order valence-electron chi connectivity index (χ3n) is 15.0. The molecule has 4 nitrogen and oxygen atoms in total. The quantitative estimate of drug-likeness (QED) is 0.0825. The minimum absolute atomic E-state index is 0.134. The Bertz CT molecular complexity index is 924. The van der Waals surface area contributed by atoms with Crippen molar-refractivity contribution in [3.8, 4) is 0 Å². The van der Waals surface area contributed by atoms with Crippen LogP contribution in [0.1, 0.15) is 235 Å². The van der Waals surface area contributed by atoms with Crippen LogP contribution in [0.4, 0.5) is 0 Å². The molecule has 4 heteroatoms. The SMILES string of the molecule is CCCCC(C)CC(C)CC1(CCCC)CCC(COC(=O)C2CCCCC2C(=O)OCC2CCC(CCCC)(CC(C)CC(C)CCCC)CC2)CC1. The maximum absolute atomic E-state index is 13.6. The van der Waals surface area contributed by atoms with Crippen LogP contribution in [-0.2, 0) is 19.1 Å². The lowest BCUT2D eigenvalue weighted by Gasteiger charge is -2.43. The number of rotatable bonds is 26. The molecular weight excluding hydrogens is 665 g/mol. The molecule has 0 aromatic rings. The zero-order valence-electron chi connectivity index (χ0n) is 37.5. The van der Waals surface area contributed by atoms with E-state index in [0.29, 0.717) is 35.9 Å². The van der Waals surface area contributed by atoms with E-state index in [1.54, 1.807) is 0 Å². The topological polar surface area (TPSA) is 52.6 Å². The fourth-order valence-corrected chi connectivity index (χ4v) is 11.8. The molecule has 0 saturated heterocycles. The Kier molecular flexibility index (Phi) is 22.2. The van der Waals surface area contributed by atoms with E-state index in [-0.39, 0.29) is 23.8 Å². The van der Waals surface area contributed by atoms with Gasteiger partial charge in [-0.05, 0) is 149 Å².